The van der Waals surface area contributed by atoms with Gasteiger partial charge in [-0.1, -0.05) is 26.7 Å². The molecule has 1 unspecified atom stereocenters. The fourth-order valence-corrected chi connectivity index (χ4v) is 1.75. The second-order valence-corrected chi connectivity index (χ2v) is 5.09. The monoisotopic (exact) mass is 267 g/mol. The van der Waals surface area contributed by atoms with Crippen LogP contribution in [0, 0.1) is 5.92 Å². The minimum Gasteiger partial charge on any atom is -0.467 e. The zero-order chi connectivity index (χ0) is 14.3. The second-order valence-electron chi connectivity index (χ2n) is 5.09. The van der Waals surface area contributed by atoms with E-state index < -0.39 is 0 Å². The number of nitrogens with zero attached hydrogens (tertiary/aromatic N) is 3. The molecule has 1 atom stereocenters. The van der Waals surface area contributed by atoms with Crippen LogP contribution < -0.4 is 15.4 Å². The number of rotatable bonds is 8. The van der Waals surface area contributed by atoms with Gasteiger partial charge < -0.3 is 15.4 Å². The first kappa shape index (κ1) is 15.5. The maximum absolute atomic E-state index is 5.05. The molecule has 0 saturated heterocycles. The molecule has 0 saturated carbocycles. The lowest BCUT2D eigenvalue weighted by Gasteiger charge is -2.15. The van der Waals surface area contributed by atoms with Crippen LogP contribution in [0.5, 0.6) is 6.01 Å². The van der Waals surface area contributed by atoms with Gasteiger partial charge in [0, 0.05) is 13.1 Å². The Morgan fingerprint density at radius 1 is 1.05 bits per heavy atom. The van der Waals surface area contributed by atoms with Crippen LogP contribution in [0.15, 0.2) is 0 Å². The van der Waals surface area contributed by atoms with E-state index >= 15 is 0 Å². The van der Waals surface area contributed by atoms with E-state index in [1.54, 1.807) is 14.2 Å². The molecule has 108 valence electrons. The van der Waals surface area contributed by atoms with Crippen molar-refractivity contribution in [1.29, 1.82) is 0 Å². The molecule has 0 aromatic carbocycles. The van der Waals surface area contributed by atoms with Gasteiger partial charge in [-0.2, -0.15) is 15.0 Å². The lowest BCUT2D eigenvalue weighted by atomic mass is 10.0. The Bertz CT molecular complexity index is 361. The average molecular weight is 267 g/mol. The number of anilines is 2. The van der Waals surface area contributed by atoms with Gasteiger partial charge in [0.15, 0.2) is 0 Å². The third-order valence-corrected chi connectivity index (χ3v) is 2.82. The highest BCUT2D eigenvalue weighted by atomic mass is 16.5. The van der Waals surface area contributed by atoms with Gasteiger partial charge in [-0.25, -0.2) is 0 Å². The Labute approximate surface area is 115 Å². The molecule has 6 heteroatoms. The Balaban J connectivity index is 2.55. The number of nitrogens with one attached hydrogen (secondary N) is 2. The molecule has 1 heterocycles. The highest BCUT2D eigenvalue weighted by Gasteiger charge is 2.09. The summed E-state index contributed by atoms with van der Waals surface area (Å²) in [6.07, 6.45) is 3.54. The van der Waals surface area contributed by atoms with Crippen molar-refractivity contribution in [1.82, 2.24) is 15.0 Å². The first-order valence-corrected chi connectivity index (χ1v) is 6.79. The number of ether oxygens (including phenoxy) is 1. The first-order valence-electron chi connectivity index (χ1n) is 6.79. The summed E-state index contributed by atoms with van der Waals surface area (Å²) in [5, 5.41) is 6.17. The van der Waals surface area contributed by atoms with Gasteiger partial charge >= 0.3 is 6.01 Å². The molecule has 0 spiro atoms. The Morgan fingerprint density at radius 3 is 2.32 bits per heavy atom. The Morgan fingerprint density at radius 2 is 1.74 bits per heavy atom. The molecule has 19 heavy (non-hydrogen) atoms. The number of methoxy groups -OCH3 is 1. The fourth-order valence-electron chi connectivity index (χ4n) is 1.75. The van der Waals surface area contributed by atoms with E-state index in [2.05, 4.69) is 46.4 Å². The quantitative estimate of drug-likeness (QED) is 0.754. The van der Waals surface area contributed by atoms with E-state index in [9.17, 15) is 0 Å². The van der Waals surface area contributed by atoms with Gasteiger partial charge in [0.2, 0.25) is 11.9 Å². The van der Waals surface area contributed by atoms with Gasteiger partial charge in [0.25, 0.3) is 0 Å². The molecule has 1 aromatic heterocycles. The maximum atomic E-state index is 5.05. The highest BCUT2D eigenvalue weighted by molar-refractivity contribution is 5.35. The zero-order valence-electron chi connectivity index (χ0n) is 12.5. The molecule has 2 N–H and O–H groups in total. The summed E-state index contributed by atoms with van der Waals surface area (Å²) < 4.78 is 5.05. The summed E-state index contributed by atoms with van der Waals surface area (Å²) in [4.78, 5) is 12.5. The summed E-state index contributed by atoms with van der Waals surface area (Å²) in [7, 11) is 3.31. The standard InChI is InChI=1S/C13H25N5O/c1-9(2)7-6-8-10(3)15-12-16-11(14-4)17-13(18-12)19-5/h9-10H,6-8H2,1-5H3,(H2,14,15,16,17,18). The Hall–Kier alpha value is -1.59. The van der Waals surface area contributed by atoms with E-state index in [-0.39, 0.29) is 0 Å². The fraction of sp³-hybridized carbons (Fsp3) is 0.769. The van der Waals surface area contributed by atoms with Crippen LogP contribution in [0.25, 0.3) is 0 Å². The topological polar surface area (TPSA) is 72.0 Å². The molecule has 1 aromatic rings. The van der Waals surface area contributed by atoms with E-state index in [4.69, 9.17) is 4.74 Å². The largest absolute Gasteiger partial charge is 0.467 e. The second kappa shape index (κ2) is 7.76. The molecule has 0 radical (unpaired) electrons. The number of hydrogen-bond donors (Lipinski definition) is 2. The molecule has 0 fully saturated rings. The maximum Gasteiger partial charge on any atom is 0.322 e. The van der Waals surface area contributed by atoms with E-state index in [0.717, 1.165) is 12.3 Å². The van der Waals surface area contributed by atoms with Crippen LogP contribution in [0.4, 0.5) is 11.9 Å². The van der Waals surface area contributed by atoms with Crippen LogP contribution in [-0.2, 0) is 0 Å². The van der Waals surface area contributed by atoms with Crippen molar-refractivity contribution in [3.8, 4) is 6.01 Å². The predicted molar refractivity (Wildman–Crippen MR) is 77.7 cm³/mol. The van der Waals surface area contributed by atoms with E-state index in [0.29, 0.717) is 23.9 Å². The lowest BCUT2D eigenvalue weighted by molar-refractivity contribution is 0.379. The summed E-state index contributed by atoms with van der Waals surface area (Å²) in [6, 6.07) is 0.645. The van der Waals surface area contributed by atoms with Crippen molar-refractivity contribution in [2.75, 3.05) is 24.8 Å². The van der Waals surface area contributed by atoms with Gasteiger partial charge in [-0.05, 0) is 19.3 Å². The average Bonchev–Trinajstić information content (AvgIpc) is 2.37. The van der Waals surface area contributed by atoms with E-state index in [1.165, 1.54) is 12.8 Å². The van der Waals surface area contributed by atoms with Gasteiger partial charge in [-0.15, -0.1) is 0 Å². The molecular formula is C13H25N5O. The van der Waals surface area contributed by atoms with Gasteiger partial charge in [0.1, 0.15) is 0 Å². The van der Waals surface area contributed by atoms with Crippen molar-refractivity contribution in [2.24, 2.45) is 5.92 Å². The van der Waals surface area contributed by atoms with Crippen molar-refractivity contribution in [3.63, 3.8) is 0 Å². The van der Waals surface area contributed by atoms with Crippen LogP contribution in [-0.4, -0.2) is 35.2 Å². The van der Waals surface area contributed by atoms with Crippen LogP contribution in [0.2, 0.25) is 0 Å². The molecule has 0 amide bonds. The molecule has 6 nitrogen and oxygen atoms in total. The number of hydrogen-bond acceptors (Lipinski definition) is 6. The lowest BCUT2D eigenvalue weighted by Crippen LogP contribution is -2.18. The molecule has 0 aliphatic heterocycles. The smallest absolute Gasteiger partial charge is 0.322 e. The predicted octanol–water partition coefficient (Wildman–Crippen LogP) is 2.55. The van der Waals surface area contributed by atoms with Crippen molar-refractivity contribution in [2.45, 2.75) is 46.1 Å². The van der Waals surface area contributed by atoms with Crippen LogP contribution in [0.3, 0.4) is 0 Å². The van der Waals surface area contributed by atoms with Crippen molar-refractivity contribution >= 4 is 11.9 Å². The molecule has 0 aliphatic rings. The summed E-state index contributed by atoms with van der Waals surface area (Å²) in [5.41, 5.74) is 0. The summed E-state index contributed by atoms with van der Waals surface area (Å²) in [5.74, 6) is 1.80. The summed E-state index contributed by atoms with van der Waals surface area (Å²) in [6.45, 7) is 6.62. The van der Waals surface area contributed by atoms with Gasteiger partial charge in [0.05, 0.1) is 7.11 Å². The molecular weight excluding hydrogens is 242 g/mol. The van der Waals surface area contributed by atoms with E-state index in [1.807, 2.05) is 0 Å². The van der Waals surface area contributed by atoms with Crippen molar-refractivity contribution in [3.05, 3.63) is 0 Å². The number of aromatic nitrogens is 3. The SMILES string of the molecule is CNc1nc(NC(C)CCCC(C)C)nc(OC)n1. The minimum atomic E-state index is 0.316. The first-order chi connectivity index (χ1) is 9.05. The Kier molecular flexibility index (Phi) is 6.32. The molecule has 0 aliphatic carbocycles. The third-order valence-electron chi connectivity index (χ3n) is 2.82. The van der Waals surface area contributed by atoms with Crippen LogP contribution in [0.1, 0.15) is 40.0 Å². The van der Waals surface area contributed by atoms with Crippen LogP contribution >= 0.6 is 0 Å². The minimum absolute atomic E-state index is 0.316. The van der Waals surface area contributed by atoms with Crippen molar-refractivity contribution < 1.29 is 4.74 Å². The normalized spacial score (nSPS) is 12.3. The zero-order valence-corrected chi connectivity index (χ0v) is 12.5. The molecule has 1 rings (SSSR count). The highest BCUT2D eigenvalue weighted by Crippen LogP contribution is 2.14. The van der Waals surface area contributed by atoms with Gasteiger partial charge in [-0.3, -0.25) is 0 Å². The molecule has 0 bridgehead atoms. The third kappa shape index (κ3) is 5.72. The summed E-state index contributed by atoms with van der Waals surface area (Å²) >= 11 is 0.